The molecular weight excluding hydrogens is 178 g/mol. The van der Waals surface area contributed by atoms with Gasteiger partial charge in [-0.05, 0) is 24.5 Å². The standard InChI is InChI=1S/C11H15NO2/c12-11-8(3-1-5-10(11)13)7-9-4-2-6-14-9/h1,3,5,9,13H,2,4,6-7,12H2. The van der Waals surface area contributed by atoms with Crippen LogP contribution >= 0.6 is 0 Å². The number of phenols is 1. The van der Waals surface area contributed by atoms with Gasteiger partial charge in [0.25, 0.3) is 0 Å². The van der Waals surface area contributed by atoms with Crippen LogP contribution in [0, 0.1) is 0 Å². The van der Waals surface area contributed by atoms with Crippen LogP contribution in [0.4, 0.5) is 5.69 Å². The summed E-state index contributed by atoms with van der Waals surface area (Å²) in [6.07, 6.45) is 3.30. The van der Waals surface area contributed by atoms with Crippen molar-refractivity contribution in [1.29, 1.82) is 0 Å². The van der Waals surface area contributed by atoms with Crippen LogP contribution in [0.2, 0.25) is 0 Å². The molecule has 14 heavy (non-hydrogen) atoms. The van der Waals surface area contributed by atoms with Gasteiger partial charge in [-0.25, -0.2) is 0 Å². The van der Waals surface area contributed by atoms with Crippen molar-refractivity contribution in [2.75, 3.05) is 12.3 Å². The number of nitrogen functional groups attached to an aromatic ring is 1. The molecule has 0 bridgehead atoms. The molecule has 1 aromatic rings. The summed E-state index contributed by atoms with van der Waals surface area (Å²) < 4.78 is 5.51. The van der Waals surface area contributed by atoms with E-state index in [4.69, 9.17) is 10.5 Å². The lowest BCUT2D eigenvalue weighted by molar-refractivity contribution is 0.111. The van der Waals surface area contributed by atoms with Crippen molar-refractivity contribution in [1.82, 2.24) is 0 Å². The van der Waals surface area contributed by atoms with E-state index in [1.807, 2.05) is 12.1 Å². The van der Waals surface area contributed by atoms with E-state index in [0.717, 1.165) is 31.4 Å². The molecule has 2 rings (SSSR count). The molecule has 3 heteroatoms. The number of nitrogens with two attached hydrogens (primary N) is 1. The number of ether oxygens (including phenoxy) is 1. The SMILES string of the molecule is Nc1c(O)cccc1CC1CCCO1. The fourth-order valence-corrected chi connectivity index (χ4v) is 1.83. The Morgan fingerprint density at radius 3 is 3.07 bits per heavy atom. The smallest absolute Gasteiger partial charge is 0.138 e. The van der Waals surface area contributed by atoms with Crippen LogP contribution in [0.5, 0.6) is 5.75 Å². The minimum atomic E-state index is 0.167. The molecule has 1 heterocycles. The van der Waals surface area contributed by atoms with Crippen LogP contribution < -0.4 is 5.73 Å². The first-order valence-corrected chi connectivity index (χ1v) is 4.95. The van der Waals surface area contributed by atoms with Crippen molar-refractivity contribution < 1.29 is 9.84 Å². The summed E-state index contributed by atoms with van der Waals surface area (Å²) in [6, 6.07) is 5.36. The number of hydrogen-bond acceptors (Lipinski definition) is 3. The third kappa shape index (κ3) is 1.82. The Balaban J connectivity index is 2.11. The second-order valence-corrected chi connectivity index (χ2v) is 3.69. The van der Waals surface area contributed by atoms with E-state index in [-0.39, 0.29) is 11.9 Å². The Kier molecular flexibility index (Phi) is 2.59. The molecule has 0 radical (unpaired) electrons. The average Bonchev–Trinajstić information content (AvgIpc) is 2.66. The number of hydrogen-bond donors (Lipinski definition) is 2. The van der Waals surface area contributed by atoms with E-state index in [2.05, 4.69) is 0 Å². The number of benzene rings is 1. The van der Waals surface area contributed by atoms with Gasteiger partial charge in [0.1, 0.15) is 5.75 Å². The molecule has 76 valence electrons. The number of rotatable bonds is 2. The van der Waals surface area contributed by atoms with E-state index >= 15 is 0 Å². The molecule has 1 aliphatic heterocycles. The lowest BCUT2D eigenvalue weighted by Crippen LogP contribution is -2.10. The molecule has 0 aromatic heterocycles. The Hall–Kier alpha value is -1.22. The summed E-state index contributed by atoms with van der Waals surface area (Å²) in [5, 5.41) is 9.41. The molecule has 3 N–H and O–H groups in total. The molecule has 1 aromatic carbocycles. The quantitative estimate of drug-likeness (QED) is 0.555. The van der Waals surface area contributed by atoms with Gasteiger partial charge in [0.15, 0.2) is 0 Å². The third-order valence-corrected chi connectivity index (χ3v) is 2.64. The van der Waals surface area contributed by atoms with Crippen molar-refractivity contribution >= 4 is 5.69 Å². The number of para-hydroxylation sites is 1. The van der Waals surface area contributed by atoms with E-state index < -0.39 is 0 Å². The van der Waals surface area contributed by atoms with E-state index in [9.17, 15) is 5.11 Å². The third-order valence-electron chi connectivity index (χ3n) is 2.64. The first kappa shape index (κ1) is 9.34. The topological polar surface area (TPSA) is 55.5 Å². The zero-order valence-corrected chi connectivity index (χ0v) is 8.07. The highest BCUT2D eigenvalue weighted by Crippen LogP contribution is 2.26. The lowest BCUT2D eigenvalue weighted by atomic mass is 10.0. The van der Waals surface area contributed by atoms with Gasteiger partial charge in [-0.15, -0.1) is 0 Å². The molecule has 1 saturated heterocycles. The molecule has 0 aliphatic carbocycles. The maximum atomic E-state index is 9.41. The summed E-state index contributed by atoms with van der Waals surface area (Å²) in [6.45, 7) is 0.851. The van der Waals surface area contributed by atoms with Crippen LogP contribution in [0.1, 0.15) is 18.4 Å². The van der Waals surface area contributed by atoms with Crippen molar-refractivity contribution in [3.05, 3.63) is 23.8 Å². The summed E-state index contributed by atoms with van der Waals surface area (Å²) in [5.74, 6) is 0.167. The highest BCUT2D eigenvalue weighted by molar-refractivity contribution is 5.57. The van der Waals surface area contributed by atoms with Crippen molar-refractivity contribution in [2.45, 2.75) is 25.4 Å². The molecule has 1 aliphatic rings. The predicted molar refractivity (Wildman–Crippen MR) is 55.2 cm³/mol. The van der Waals surface area contributed by atoms with Crippen molar-refractivity contribution in [2.24, 2.45) is 0 Å². The average molecular weight is 193 g/mol. The second kappa shape index (κ2) is 3.88. The van der Waals surface area contributed by atoms with Gasteiger partial charge in [0.05, 0.1) is 11.8 Å². The summed E-state index contributed by atoms with van der Waals surface area (Å²) in [4.78, 5) is 0. The summed E-state index contributed by atoms with van der Waals surface area (Å²) in [7, 11) is 0. The fourth-order valence-electron chi connectivity index (χ4n) is 1.83. The zero-order chi connectivity index (χ0) is 9.97. The zero-order valence-electron chi connectivity index (χ0n) is 8.07. The predicted octanol–water partition coefficient (Wildman–Crippen LogP) is 1.70. The van der Waals surface area contributed by atoms with Gasteiger partial charge in [-0.2, -0.15) is 0 Å². The molecule has 3 nitrogen and oxygen atoms in total. The number of aromatic hydroxyl groups is 1. The molecule has 0 saturated carbocycles. The lowest BCUT2D eigenvalue weighted by Gasteiger charge is -2.11. The highest BCUT2D eigenvalue weighted by Gasteiger charge is 2.17. The molecule has 1 unspecified atom stereocenters. The minimum absolute atomic E-state index is 0.167. The normalized spacial score (nSPS) is 21.3. The van der Waals surface area contributed by atoms with Crippen LogP contribution in [0.25, 0.3) is 0 Å². The van der Waals surface area contributed by atoms with Crippen molar-refractivity contribution in [3.63, 3.8) is 0 Å². The fraction of sp³-hybridized carbons (Fsp3) is 0.455. The maximum absolute atomic E-state index is 9.41. The molecule has 1 fully saturated rings. The number of phenolic OH excluding ortho intramolecular Hbond substituents is 1. The van der Waals surface area contributed by atoms with Gasteiger partial charge >= 0.3 is 0 Å². The highest BCUT2D eigenvalue weighted by atomic mass is 16.5. The Morgan fingerprint density at radius 1 is 1.50 bits per heavy atom. The summed E-state index contributed by atoms with van der Waals surface area (Å²) in [5.41, 5.74) is 7.23. The first-order valence-electron chi connectivity index (χ1n) is 4.95. The minimum Gasteiger partial charge on any atom is -0.506 e. The Morgan fingerprint density at radius 2 is 2.36 bits per heavy atom. The molecule has 0 amide bonds. The molecule has 1 atom stereocenters. The van der Waals surface area contributed by atoms with E-state index in [0.29, 0.717) is 5.69 Å². The van der Waals surface area contributed by atoms with Crippen LogP contribution in [-0.4, -0.2) is 17.8 Å². The second-order valence-electron chi connectivity index (χ2n) is 3.69. The maximum Gasteiger partial charge on any atom is 0.138 e. The Labute approximate surface area is 83.5 Å². The van der Waals surface area contributed by atoms with Crippen LogP contribution in [0.15, 0.2) is 18.2 Å². The van der Waals surface area contributed by atoms with Crippen LogP contribution in [-0.2, 0) is 11.2 Å². The van der Waals surface area contributed by atoms with Gasteiger partial charge in [-0.1, -0.05) is 12.1 Å². The van der Waals surface area contributed by atoms with Crippen LogP contribution in [0.3, 0.4) is 0 Å². The Bertz CT molecular complexity index is 319. The van der Waals surface area contributed by atoms with Gasteiger partial charge in [0.2, 0.25) is 0 Å². The van der Waals surface area contributed by atoms with Gasteiger partial charge in [-0.3, -0.25) is 0 Å². The van der Waals surface area contributed by atoms with Gasteiger partial charge < -0.3 is 15.6 Å². The van der Waals surface area contributed by atoms with E-state index in [1.165, 1.54) is 0 Å². The summed E-state index contributed by atoms with van der Waals surface area (Å²) >= 11 is 0. The monoisotopic (exact) mass is 193 g/mol. The van der Waals surface area contributed by atoms with Crippen molar-refractivity contribution in [3.8, 4) is 5.75 Å². The first-order chi connectivity index (χ1) is 6.77. The molecular formula is C11H15NO2. The largest absolute Gasteiger partial charge is 0.506 e. The van der Waals surface area contributed by atoms with E-state index in [1.54, 1.807) is 6.07 Å². The number of anilines is 1. The van der Waals surface area contributed by atoms with Gasteiger partial charge in [0, 0.05) is 13.0 Å². The molecule has 0 spiro atoms.